The summed E-state index contributed by atoms with van der Waals surface area (Å²) in [6.07, 6.45) is 13.7. The van der Waals surface area contributed by atoms with Gasteiger partial charge in [0.15, 0.2) is 0 Å². The highest BCUT2D eigenvalue weighted by Gasteiger charge is 2.70. The third kappa shape index (κ3) is 3.95. The van der Waals surface area contributed by atoms with Gasteiger partial charge in [0.2, 0.25) is 0 Å². The van der Waals surface area contributed by atoms with Crippen molar-refractivity contribution in [1.29, 1.82) is 0 Å². The fraction of sp³-hybridized carbons (Fsp3) is 0.806. The molecule has 2 heterocycles. The zero-order valence-corrected chi connectivity index (χ0v) is 22.9. The Bertz CT molecular complexity index is 1060. The second kappa shape index (κ2) is 9.22. The number of ether oxygens (including phenoxy) is 1. The highest BCUT2D eigenvalue weighted by atomic mass is 16.5. The Morgan fingerprint density at radius 2 is 1.84 bits per heavy atom. The number of rotatable bonds is 3. The molecule has 1 saturated heterocycles. The molecule has 37 heavy (non-hydrogen) atoms. The van der Waals surface area contributed by atoms with Gasteiger partial charge in [-0.05, 0) is 106 Å². The van der Waals surface area contributed by atoms with Crippen LogP contribution in [-0.4, -0.2) is 46.8 Å². The monoisotopic (exact) mass is 511 g/mol. The van der Waals surface area contributed by atoms with E-state index in [0.717, 1.165) is 36.8 Å². The molecule has 0 bridgehead atoms. The van der Waals surface area contributed by atoms with Gasteiger partial charge in [-0.25, -0.2) is 4.79 Å². The summed E-state index contributed by atoms with van der Waals surface area (Å²) in [6, 6.07) is 3.99. The lowest BCUT2D eigenvalue weighted by Crippen LogP contribution is -2.62. The molecule has 0 amide bonds. The van der Waals surface area contributed by atoms with Crippen LogP contribution in [0.2, 0.25) is 0 Å². The lowest BCUT2D eigenvalue weighted by molar-refractivity contribution is -0.204. The molecule has 4 saturated carbocycles. The predicted octanol–water partition coefficient (Wildman–Crippen LogP) is 5.28. The lowest BCUT2D eigenvalue weighted by Gasteiger charge is -2.64. The summed E-state index contributed by atoms with van der Waals surface area (Å²) in [4.78, 5) is 26.6. The van der Waals surface area contributed by atoms with Crippen molar-refractivity contribution in [2.75, 3.05) is 13.1 Å². The molecule has 0 radical (unpaired) electrons. The van der Waals surface area contributed by atoms with Gasteiger partial charge in [0, 0.05) is 36.8 Å². The molecule has 0 aromatic carbocycles. The number of esters is 1. The fourth-order valence-electron chi connectivity index (χ4n) is 10.3. The van der Waals surface area contributed by atoms with Gasteiger partial charge in [-0.2, -0.15) is 0 Å². The summed E-state index contributed by atoms with van der Waals surface area (Å²) in [7, 11) is 0. The quantitative estimate of drug-likeness (QED) is 0.557. The molecule has 6 nitrogen and oxygen atoms in total. The number of carbonyl (C=O) groups excluding carboxylic acids is 1. The van der Waals surface area contributed by atoms with Gasteiger partial charge in [-0.3, -0.25) is 4.79 Å². The summed E-state index contributed by atoms with van der Waals surface area (Å²) in [5.74, 6) is 0.927. The molecule has 6 heteroatoms. The molecule has 1 aliphatic heterocycles. The molecule has 4 aliphatic carbocycles. The molecule has 204 valence electrons. The van der Waals surface area contributed by atoms with Gasteiger partial charge in [0.25, 0.3) is 0 Å². The zero-order chi connectivity index (χ0) is 26.0. The first kappa shape index (κ1) is 25.6. The van der Waals surface area contributed by atoms with Gasteiger partial charge in [-0.1, -0.05) is 20.3 Å². The minimum absolute atomic E-state index is 0.188. The van der Waals surface area contributed by atoms with Crippen molar-refractivity contribution >= 4 is 5.97 Å². The van der Waals surface area contributed by atoms with Crippen LogP contribution in [0, 0.1) is 28.6 Å². The zero-order valence-electron chi connectivity index (χ0n) is 22.9. The largest absolute Gasteiger partial charge is 0.462 e. The van der Waals surface area contributed by atoms with Crippen LogP contribution in [0.1, 0.15) is 103 Å². The summed E-state index contributed by atoms with van der Waals surface area (Å²) < 4.78 is 11.2. The number of fused-ring (bicyclic) bond motifs is 5. The van der Waals surface area contributed by atoms with Gasteiger partial charge < -0.3 is 19.2 Å². The van der Waals surface area contributed by atoms with Gasteiger partial charge >= 0.3 is 11.6 Å². The first-order chi connectivity index (χ1) is 17.7. The number of hydrogen-bond acceptors (Lipinski definition) is 6. The van der Waals surface area contributed by atoms with Crippen molar-refractivity contribution in [2.45, 2.75) is 115 Å². The molecule has 9 atom stereocenters. The summed E-state index contributed by atoms with van der Waals surface area (Å²) >= 11 is 0. The maximum absolute atomic E-state index is 12.7. The standard InChI is InChI=1S/C31H45NO5/c1-20(33)37-26-18-31(35)25-9-8-22-17-23(32-15-5-4-6-16-32)11-13-29(22,2)24(25)12-14-30(31,3)28(26)21-7-10-27(34)36-19-21/h7,10,19,22-26,28,35H,4-6,8-9,11-18H2,1-3H3/t22-,23+,24+,25-,26+,28+,29+,30-,31+/m1/s1. The van der Waals surface area contributed by atoms with Crippen molar-refractivity contribution in [1.82, 2.24) is 4.90 Å². The van der Waals surface area contributed by atoms with E-state index in [4.69, 9.17) is 9.15 Å². The molecule has 6 rings (SSSR count). The van der Waals surface area contributed by atoms with Crippen LogP contribution in [0.4, 0.5) is 0 Å². The SMILES string of the molecule is CC(=O)O[C@H]1C[C@]2(O)[C@@H]3CC[C@@H]4C[C@@H](N5CCCCC5)CC[C@]4(C)[C@H]3CC[C@]2(C)[C@H]1c1ccc(=O)oc1. The van der Waals surface area contributed by atoms with Crippen LogP contribution >= 0.6 is 0 Å². The van der Waals surface area contributed by atoms with Crippen molar-refractivity contribution in [3.63, 3.8) is 0 Å². The average molecular weight is 512 g/mol. The average Bonchev–Trinajstić information content (AvgIpc) is 3.10. The Balaban J connectivity index is 1.29. The molecule has 0 spiro atoms. The second-order valence-corrected chi connectivity index (χ2v) is 13.6. The van der Waals surface area contributed by atoms with Crippen molar-refractivity contribution in [3.8, 4) is 0 Å². The highest BCUT2D eigenvalue weighted by molar-refractivity contribution is 5.66. The van der Waals surface area contributed by atoms with E-state index in [-0.39, 0.29) is 28.8 Å². The molecule has 0 unspecified atom stereocenters. The normalized spacial score (nSPS) is 45.9. The maximum Gasteiger partial charge on any atom is 0.335 e. The van der Waals surface area contributed by atoms with Crippen LogP contribution in [-0.2, 0) is 9.53 Å². The van der Waals surface area contributed by atoms with E-state index in [2.05, 4.69) is 18.7 Å². The maximum atomic E-state index is 12.7. The number of likely N-dealkylation sites (tertiary alicyclic amines) is 1. The second-order valence-electron chi connectivity index (χ2n) is 13.6. The smallest absolute Gasteiger partial charge is 0.335 e. The summed E-state index contributed by atoms with van der Waals surface area (Å²) in [5, 5.41) is 12.7. The van der Waals surface area contributed by atoms with Crippen molar-refractivity contribution in [3.05, 3.63) is 34.4 Å². The number of nitrogens with zero attached hydrogens (tertiary/aromatic N) is 1. The minimum atomic E-state index is -0.908. The Morgan fingerprint density at radius 1 is 1.05 bits per heavy atom. The van der Waals surface area contributed by atoms with E-state index in [1.54, 1.807) is 6.07 Å². The molecular weight excluding hydrogens is 466 g/mol. The third-order valence-corrected chi connectivity index (χ3v) is 12.1. The predicted molar refractivity (Wildman–Crippen MR) is 141 cm³/mol. The molecular formula is C31H45NO5. The third-order valence-electron chi connectivity index (χ3n) is 12.1. The Labute approximate surface area is 221 Å². The Hall–Kier alpha value is -1.66. The van der Waals surface area contributed by atoms with E-state index in [0.29, 0.717) is 12.3 Å². The van der Waals surface area contributed by atoms with Crippen LogP contribution in [0.25, 0.3) is 0 Å². The topological polar surface area (TPSA) is 80.0 Å². The number of hydrogen-bond donors (Lipinski definition) is 1. The minimum Gasteiger partial charge on any atom is -0.462 e. The van der Waals surface area contributed by atoms with Gasteiger partial charge in [0.1, 0.15) is 6.10 Å². The van der Waals surface area contributed by atoms with E-state index >= 15 is 0 Å². The fourth-order valence-corrected chi connectivity index (χ4v) is 10.3. The molecule has 1 N–H and O–H groups in total. The number of aliphatic hydroxyl groups is 1. The Kier molecular flexibility index (Phi) is 6.38. The number of carbonyl (C=O) groups is 1. The first-order valence-corrected chi connectivity index (χ1v) is 14.9. The highest BCUT2D eigenvalue weighted by Crippen LogP contribution is 2.71. The molecule has 1 aromatic rings. The van der Waals surface area contributed by atoms with E-state index in [1.165, 1.54) is 77.3 Å². The number of piperidine rings is 1. The van der Waals surface area contributed by atoms with E-state index in [1.807, 2.05) is 0 Å². The molecule has 1 aromatic heterocycles. The van der Waals surface area contributed by atoms with Crippen LogP contribution in [0.5, 0.6) is 0 Å². The van der Waals surface area contributed by atoms with Crippen molar-refractivity contribution in [2.24, 2.45) is 28.6 Å². The van der Waals surface area contributed by atoms with Crippen LogP contribution < -0.4 is 5.63 Å². The lowest BCUT2D eigenvalue weighted by atomic mass is 9.43. The first-order valence-electron chi connectivity index (χ1n) is 14.9. The Morgan fingerprint density at radius 3 is 2.54 bits per heavy atom. The van der Waals surface area contributed by atoms with E-state index in [9.17, 15) is 14.7 Å². The van der Waals surface area contributed by atoms with Crippen LogP contribution in [0.15, 0.2) is 27.6 Å². The summed E-state index contributed by atoms with van der Waals surface area (Å²) in [6.45, 7) is 8.74. The molecule has 5 aliphatic rings. The van der Waals surface area contributed by atoms with Gasteiger partial charge in [-0.15, -0.1) is 0 Å². The van der Waals surface area contributed by atoms with E-state index < -0.39 is 17.1 Å². The van der Waals surface area contributed by atoms with Crippen LogP contribution in [0.3, 0.4) is 0 Å². The van der Waals surface area contributed by atoms with Crippen molar-refractivity contribution < 1.29 is 19.1 Å². The van der Waals surface area contributed by atoms with Gasteiger partial charge in [0.05, 0.1) is 11.9 Å². The molecule has 5 fully saturated rings. The summed E-state index contributed by atoms with van der Waals surface area (Å²) in [5.41, 5.74) is -0.622.